The molecule has 8 heteroatoms. The molecule has 1 aromatic carbocycles. The third kappa shape index (κ3) is 6.14. The second kappa shape index (κ2) is 11.7. The molecule has 36 heavy (non-hydrogen) atoms. The van der Waals surface area contributed by atoms with Gasteiger partial charge in [0.2, 0.25) is 5.91 Å². The minimum atomic E-state index is -0.556. The van der Waals surface area contributed by atoms with E-state index in [1.165, 1.54) is 11.3 Å². The summed E-state index contributed by atoms with van der Waals surface area (Å²) in [7, 11) is 1.58. The molecule has 1 saturated carbocycles. The molecule has 4 rings (SSSR count). The van der Waals surface area contributed by atoms with Gasteiger partial charge in [-0.25, -0.2) is 4.98 Å². The number of methoxy groups -OCH3 is 1. The largest absolute Gasteiger partial charge is 0.497 e. The molecule has 2 fully saturated rings. The third-order valence-electron chi connectivity index (χ3n) is 7.27. The number of rotatable bonds is 8. The number of hydrogen-bond acceptors (Lipinski definition) is 6. The van der Waals surface area contributed by atoms with Gasteiger partial charge in [0.15, 0.2) is 5.78 Å². The zero-order chi connectivity index (χ0) is 25.5. The van der Waals surface area contributed by atoms with Gasteiger partial charge in [-0.15, -0.1) is 17.8 Å². The zero-order valence-electron chi connectivity index (χ0n) is 20.8. The highest BCUT2D eigenvalue weighted by Crippen LogP contribution is 2.32. The van der Waals surface area contributed by atoms with Gasteiger partial charge in [-0.2, -0.15) is 0 Å². The van der Waals surface area contributed by atoms with Gasteiger partial charge < -0.3 is 15.0 Å². The van der Waals surface area contributed by atoms with Crippen molar-refractivity contribution in [2.75, 3.05) is 20.2 Å². The van der Waals surface area contributed by atoms with Gasteiger partial charge >= 0.3 is 0 Å². The summed E-state index contributed by atoms with van der Waals surface area (Å²) in [6, 6.07) is 6.94. The molecule has 7 nitrogen and oxygen atoms in total. The van der Waals surface area contributed by atoms with Gasteiger partial charge in [0, 0.05) is 42.8 Å². The molecule has 0 atom stereocenters. The molecule has 2 aliphatic rings. The quantitative estimate of drug-likeness (QED) is 0.417. The van der Waals surface area contributed by atoms with Crippen molar-refractivity contribution >= 4 is 28.9 Å². The number of carbonyl (C=O) groups excluding carboxylic acids is 3. The summed E-state index contributed by atoms with van der Waals surface area (Å²) in [4.78, 5) is 44.4. The van der Waals surface area contributed by atoms with Gasteiger partial charge in [-0.1, -0.05) is 25.2 Å². The standard InChI is InChI=1S/C28H33N3O4S/c1-3-28(15-5-4-6-16-28)30-26(34)23-19-36-27(29-23)21-13-17-31(18-14-21)25(33)12-11-24(32)20-7-9-22(35-2)10-8-20/h1,7-10,19,21H,4-6,11-18H2,2H3,(H,30,34). The van der Waals surface area contributed by atoms with Crippen molar-refractivity contribution in [3.8, 4) is 18.1 Å². The number of carbonyl (C=O) groups is 3. The maximum absolute atomic E-state index is 12.8. The lowest BCUT2D eigenvalue weighted by Crippen LogP contribution is -2.48. The minimum absolute atomic E-state index is 0.00146. The molecule has 2 aromatic rings. The van der Waals surface area contributed by atoms with Crippen molar-refractivity contribution in [3.63, 3.8) is 0 Å². The van der Waals surface area contributed by atoms with E-state index in [1.807, 2.05) is 4.90 Å². The fourth-order valence-corrected chi connectivity index (χ4v) is 5.97. The van der Waals surface area contributed by atoms with Crippen LogP contribution in [-0.4, -0.2) is 53.2 Å². The summed E-state index contributed by atoms with van der Waals surface area (Å²) in [5.41, 5.74) is 0.452. The molecule has 1 aromatic heterocycles. The van der Waals surface area contributed by atoms with Crippen LogP contribution in [0.15, 0.2) is 29.6 Å². The van der Waals surface area contributed by atoms with E-state index in [9.17, 15) is 14.4 Å². The van der Waals surface area contributed by atoms with Crippen LogP contribution in [0.1, 0.15) is 89.6 Å². The Kier molecular flexibility index (Phi) is 8.42. The van der Waals surface area contributed by atoms with E-state index in [4.69, 9.17) is 11.2 Å². The van der Waals surface area contributed by atoms with Gasteiger partial charge in [-0.05, 0) is 49.9 Å². The van der Waals surface area contributed by atoms with Gasteiger partial charge in [0.05, 0.1) is 12.1 Å². The van der Waals surface area contributed by atoms with E-state index in [0.717, 1.165) is 50.0 Å². The zero-order valence-corrected chi connectivity index (χ0v) is 21.6. The fraction of sp³-hybridized carbons (Fsp3) is 0.500. The predicted octanol–water partition coefficient (Wildman–Crippen LogP) is 4.59. The molecule has 190 valence electrons. The van der Waals surface area contributed by atoms with E-state index >= 15 is 0 Å². The predicted molar refractivity (Wildman–Crippen MR) is 139 cm³/mol. The summed E-state index contributed by atoms with van der Waals surface area (Å²) < 4.78 is 5.12. The third-order valence-corrected chi connectivity index (χ3v) is 8.27. The fourth-order valence-electron chi connectivity index (χ4n) is 5.00. The highest BCUT2D eigenvalue weighted by molar-refractivity contribution is 7.09. The molecule has 2 heterocycles. The average molecular weight is 508 g/mol. The Morgan fingerprint density at radius 2 is 1.83 bits per heavy atom. The number of nitrogens with zero attached hydrogens (tertiary/aromatic N) is 2. The number of amides is 2. The normalized spacial score (nSPS) is 17.7. The Balaban J connectivity index is 1.24. The van der Waals surface area contributed by atoms with Crippen LogP contribution in [0.25, 0.3) is 0 Å². The number of ketones is 1. The number of Topliss-reactive ketones (excluding diaryl/α,β-unsaturated/α-hetero) is 1. The number of piperidine rings is 1. The van der Waals surface area contributed by atoms with Crippen LogP contribution in [0.2, 0.25) is 0 Å². The molecule has 0 radical (unpaired) electrons. The van der Waals surface area contributed by atoms with Crippen molar-refractivity contribution < 1.29 is 19.1 Å². The average Bonchev–Trinajstić information content (AvgIpc) is 3.43. The van der Waals surface area contributed by atoms with Crippen LogP contribution in [0.4, 0.5) is 0 Å². The molecule has 0 unspecified atom stereocenters. The molecule has 1 N–H and O–H groups in total. The first-order valence-electron chi connectivity index (χ1n) is 12.6. The van der Waals surface area contributed by atoms with Crippen LogP contribution in [0, 0.1) is 12.3 Å². The summed E-state index contributed by atoms with van der Waals surface area (Å²) in [5, 5.41) is 5.80. The maximum atomic E-state index is 12.8. The number of thiazole rings is 1. The molecule has 1 saturated heterocycles. The van der Waals surface area contributed by atoms with Crippen molar-refractivity contribution in [3.05, 3.63) is 45.9 Å². The molecule has 1 aliphatic carbocycles. The Morgan fingerprint density at radius 1 is 1.14 bits per heavy atom. The second-order valence-electron chi connectivity index (χ2n) is 9.62. The smallest absolute Gasteiger partial charge is 0.271 e. The number of nitrogens with one attached hydrogen (secondary N) is 1. The van der Waals surface area contributed by atoms with Crippen molar-refractivity contribution in [1.29, 1.82) is 0 Å². The van der Waals surface area contributed by atoms with Crippen LogP contribution in [-0.2, 0) is 4.79 Å². The monoisotopic (exact) mass is 507 g/mol. The number of ether oxygens (including phenoxy) is 1. The first-order chi connectivity index (χ1) is 17.4. The summed E-state index contributed by atoms with van der Waals surface area (Å²) in [5.74, 6) is 3.48. The Labute approximate surface area is 216 Å². The van der Waals surface area contributed by atoms with Crippen LogP contribution in [0.5, 0.6) is 5.75 Å². The van der Waals surface area contributed by atoms with E-state index in [2.05, 4.69) is 16.2 Å². The molecular weight excluding hydrogens is 474 g/mol. The van der Waals surface area contributed by atoms with Gasteiger partial charge in [0.1, 0.15) is 17.0 Å². The van der Waals surface area contributed by atoms with Gasteiger partial charge in [0.25, 0.3) is 5.91 Å². The topological polar surface area (TPSA) is 88.6 Å². The Morgan fingerprint density at radius 3 is 2.47 bits per heavy atom. The minimum Gasteiger partial charge on any atom is -0.497 e. The number of hydrogen-bond donors (Lipinski definition) is 1. The molecular formula is C28H33N3O4S. The van der Waals surface area contributed by atoms with Crippen LogP contribution < -0.4 is 10.1 Å². The van der Waals surface area contributed by atoms with Crippen molar-refractivity contribution in [2.45, 2.75) is 69.2 Å². The van der Waals surface area contributed by atoms with Crippen LogP contribution in [0.3, 0.4) is 0 Å². The number of terminal acetylenes is 1. The SMILES string of the molecule is C#CC1(NC(=O)c2csc(C3CCN(C(=O)CCC(=O)c4ccc(OC)cc4)CC3)n2)CCCCC1. The number of likely N-dealkylation sites (tertiary alicyclic amines) is 1. The lowest BCUT2D eigenvalue weighted by Gasteiger charge is -2.33. The summed E-state index contributed by atoms with van der Waals surface area (Å²) in [6.45, 7) is 1.25. The lowest BCUT2D eigenvalue weighted by atomic mass is 9.82. The maximum Gasteiger partial charge on any atom is 0.271 e. The van der Waals surface area contributed by atoms with E-state index in [0.29, 0.717) is 30.1 Å². The van der Waals surface area contributed by atoms with Crippen molar-refractivity contribution in [1.82, 2.24) is 15.2 Å². The molecule has 2 amide bonds. The lowest BCUT2D eigenvalue weighted by molar-refractivity contribution is -0.132. The highest BCUT2D eigenvalue weighted by Gasteiger charge is 2.33. The molecule has 1 aliphatic heterocycles. The number of aromatic nitrogens is 1. The highest BCUT2D eigenvalue weighted by atomic mass is 32.1. The van der Waals surface area contributed by atoms with Crippen LogP contribution >= 0.6 is 11.3 Å². The van der Waals surface area contributed by atoms with Gasteiger partial charge in [-0.3, -0.25) is 14.4 Å². The summed E-state index contributed by atoms with van der Waals surface area (Å²) in [6.07, 6.45) is 12.6. The second-order valence-corrected chi connectivity index (χ2v) is 10.5. The van der Waals surface area contributed by atoms with E-state index in [-0.39, 0.29) is 36.4 Å². The first kappa shape index (κ1) is 25.9. The Bertz CT molecular complexity index is 1120. The van der Waals surface area contributed by atoms with E-state index in [1.54, 1.807) is 36.8 Å². The Hall–Kier alpha value is -3.18. The first-order valence-corrected chi connectivity index (χ1v) is 13.5. The number of benzene rings is 1. The molecule has 0 spiro atoms. The molecule has 0 bridgehead atoms. The van der Waals surface area contributed by atoms with E-state index < -0.39 is 5.54 Å². The van der Waals surface area contributed by atoms with Crippen molar-refractivity contribution in [2.24, 2.45) is 0 Å². The summed E-state index contributed by atoms with van der Waals surface area (Å²) >= 11 is 1.50.